The van der Waals surface area contributed by atoms with Gasteiger partial charge in [0.15, 0.2) is 5.84 Å². The average Bonchev–Trinajstić information content (AvgIpc) is 2.69. The highest BCUT2D eigenvalue weighted by atomic mass is 16.5. The van der Waals surface area contributed by atoms with Gasteiger partial charge in [0.2, 0.25) is 5.91 Å². The van der Waals surface area contributed by atoms with E-state index < -0.39 is 5.41 Å². The molecule has 1 aliphatic carbocycles. The van der Waals surface area contributed by atoms with Crippen molar-refractivity contribution in [3.8, 4) is 0 Å². The number of amidine groups is 1. The lowest BCUT2D eigenvalue weighted by Crippen LogP contribution is -2.50. The summed E-state index contributed by atoms with van der Waals surface area (Å²) in [6.07, 6.45) is 5.35. The molecule has 1 fully saturated rings. The smallest absolute Gasteiger partial charge is 0.236 e. The quantitative estimate of drug-likeness (QED) is 0.258. The van der Waals surface area contributed by atoms with Crippen LogP contribution in [0.1, 0.15) is 38.5 Å². The van der Waals surface area contributed by atoms with E-state index in [0.29, 0.717) is 26.0 Å². The molecule has 1 saturated carbocycles. The maximum absolute atomic E-state index is 12.7. The van der Waals surface area contributed by atoms with E-state index in [1.54, 1.807) is 19.1 Å². The van der Waals surface area contributed by atoms with Crippen LogP contribution in [-0.4, -0.2) is 49.2 Å². The molecule has 0 saturated heterocycles. The molecule has 0 bridgehead atoms. The van der Waals surface area contributed by atoms with E-state index in [2.05, 4.69) is 5.16 Å². The number of methoxy groups -OCH3 is 1. The van der Waals surface area contributed by atoms with Crippen molar-refractivity contribution in [1.82, 2.24) is 4.90 Å². The Labute approximate surface area is 114 Å². The molecule has 0 aromatic rings. The summed E-state index contributed by atoms with van der Waals surface area (Å²) in [7, 11) is 3.34. The number of ether oxygens (including phenoxy) is 1. The van der Waals surface area contributed by atoms with Crippen LogP contribution in [-0.2, 0) is 9.53 Å². The number of hydrogen-bond acceptors (Lipinski definition) is 4. The third kappa shape index (κ3) is 3.59. The van der Waals surface area contributed by atoms with E-state index >= 15 is 0 Å². The summed E-state index contributed by atoms with van der Waals surface area (Å²) < 4.78 is 4.99. The van der Waals surface area contributed by atoms with Crippen LogP contribution in [0, 0.1) is 5.41 Å². The minimum absolute atomic E-state index is 0.0451. The van der Waals surface area contributed by atoms with Crippen molar-refractivity contribution in [3.63, 3.8) is 0 Å². The highest BCUT2D eigenvalue weighted by molar-refractivity contribution is 6.06. The van der Waals surface area contributed by atoms with Gasteiger partial charge in [0, 0.05) is 20.7 Å². The Morgan fingerprint density at radius 2 is 1.95 bits per heavy atom. The van der Waals surface area contributed by atoms with Gasteiger partial charge in [-0.2, -0.15) is 0 Å². The van der Waals surface area contributed by atoms with Crippen molar-refractivity contribution in [2.24, 2.45) is 16.3 Å². The average molecular weight is 271 g/mol. The fourth-order valence-corrected chi connectivity index (χ4v) is 2.70. The standard InChI is InChI=1S/C13H25N3O3/c1-16(9-10-19-2)12(17)13(11(14)15-18)7-5-3-4-6-8-13/h18H,3-10H2,1-2H3,(H2,14,15). The number of likely N-dealkylation sites (N-methyl/N-ethyl adjacent to an activating group) is 1. The number of nitrogens with zero attached hydrogens (tertiary/aromatic N) is 2. The van der Waals surface area contributed by atoms with Crippen molar-refractivity contribution >= 4 is 11.7 Å². The second-order valence-corrected chi connectivity index (χ2v) is 5.20. The third-order valence-electron chi connectivity index (χ3n) is 3.94. The molecule has 0 aromatic heterocycles. The van der Waals surface area contributed by atoms with Gasteiger partial charge in [-0.3, -0.25) is 4.79 Å². The summed E-state index contributed by atoms with van der Waals surface area (Å²) >= 11 is 0. The first-order valence-electron chi connectivity index (χ1n) is 6.81. The molecule has 0 aromatic carbocycles. The van der Waals surface area contributed by atoms with Crippen molar-refractivity contribution in [2.75, 3.05) is 27.3 Å². The molecule has 6 heteroatoms. The second-order valence-electron chi connectivity index (χ2n) is 5.20. The van der Waals surface area contributed by atoms with Gasteiger partial charge in [0.1, 0.15) is 5.41 Å². The van der Waals surface area contributed by atoms with Crippen LogP contribution in [0.3, 0.4) is 0 Å². The molecule has 6 nitrogen and oxygen atoms in total. The number of carbonyl (C=O) groups is 1. The maximum Gasteiger partial charge on any atom is 0.236 e. The van der Waals surface area contributed by atoms with Crippen molar-refractivity contribution < 1.29 is 14.7 Å². The molecule has 1 aliphatic rings. The van der Waals surface area contributed by atoms with E-state index in [0.717, 1.165) is 25.7 Å². The zero-order valence-corrected chi connectivity index (χ0v) is 11.9. The summed E-state index contributed by atoms with van der Waals surface area (Å²) in [5, 5.41) is 12.1. The van der Waals surface area contributed by atoms with Crippen LogP contribution in [0.5, 0.6) is 0 Å². The van der Waals surface area contributed by atoms with Gasteiger partial charge in [-0.15, -0.1) is 0 Å². The summed E-state index contributed by atoms with van der Waals surface area (Å²) in [4.78, 5) is 14.3. The zero-order valence-electron chi connectivity index (χ0n) is 11.9. The van der Waals surface area contributed by atoms with Crippen LogP contribution in [0.25, 0.3) is 0 Å². The van der Waals surface area contributed by atoms with Crippen molar-refractivity contribution in [2.45, 2.75) is 38.5 Å². The molecule has 1 amide bonds. The third-order valence-corrected chi connectivity index (χ3v) is 3.94. The lowest BCUT2D eigenvalue weighted by molar-refractivity contribution is -0.138. The molecule has 0 aliphatic heterocycles. The minimum atomic E-state index is -0.840. The predicted molar refractivity (Wildman–Crippen MR) is 73.1 cm³/mol. The Kier molecular flexibility index (Phi) is 6.08. The molecule has 0 atom stereocenters. The van der Waals surface area contributed by atoms with Crippen LogP contribution in [0.15, 0.2) is 5.16 Å². The van der Waals surface area contributed by atoms with E-state index in [1.807, 2.05) is 0 Å². The minimum Gasteiger partial charge on any atom is -0.409 e. The summed E-state index contributed by atoms with van der Waals surface area (Å²) in [5.74, 6) is -0.0228. The molecule has 0 spiro atoms. The lowest BCUT2D eigenvalue weighted by Gasteiger charge is -2.34. The second kappa shape index (κ2) is 7.33. The topological polar surface area (TPSA) is 88.2 Å². The number of hydrogen-bond donors (Lipinski definition) is 2. The van der Waals surface area contributed by atoms with Gasteiger partial charge in [0.05, 0.1) is 6.61 Å². The fourth-order valence-electron chi connectivity index (χ4n) is 2.70. The Balaban J connectivity index is 2.92. The van der Waals surface area contributed by atoms with Crippen LogP contribution in [0.4, 0.5) is 0 Å². The first-order chi connectivity index (χ1) is 9.08. The van der Waals surface area contributed by atoms with E-state index in [-0.39, 0.29) is 11.7 Å². The molecule has 3 N–H and O–H groups in total. The van der Waals surface area contributed by atoms with Gasteiger partial charge >= 0.3 is 0 Å². The van der Waals surface area contributed by atoms with Gasteiger partial charge in [-0.1, -0.05) is 30.8 Å². The summed E-state index contributed by atoms with van der Waals surface area (Å²) in [6.45, 7) is 0.990. The summed E-state index contributed by atoms with van der Waals surface area (Å²) in [5.41, 5.74) is 5.00. The van der Waals surface area contributed by atoms with E-state index in [1.165, 1.54) is 0 Å². The largest absolute Gasteiger partial charge is 0.409 e. The van der Waals surface area contributed by atoms with Crippen molar-refractivity contribution in [3.05, 3.63) is 0 Å². The predicted octanol–water partition coefficient (Wildman–Crippen LogP) is 1.18. The maximum atomic E-state index is 12.7. The highest BCUT2D eigenvalue weighted by Gasteiger charge is 2.44. The van der Waals surface area contributed by atoms with Crippen molar-refractivity contribution in [1.29, 1.82) is 0 Å². The number of nitrogens with two attached hydrogens (primary N) is 1. The lowest BCUT2D eigenvalue weighted by atomic mass is 9.77. The zero-order chi connectivity index (χ0) is 14.3. The van der Waals surface area contributed by atoms with E-state index in [9.17, 15) is 4.79 Å². The SMILES string of the molecule is COCCN(C)C(=O)C1(C(N)=NO)CCCCCC1. The Hall–Kier alpha value is -1.30. The number of carbonyl (C=O) groups excluding carboxylic acids is 1. The first kappa shape index (κ1) is 15.8. The van der Waals surface area contributed by atoms with Gasteiger partial charge < -0.3 is 20.6 Å². The Bertz CT molecular complexity index is 323. The molecule has 0 radical (unpaired) electrons. The summed E-state index contributed by atoms with van der Waals surface area (Å²) in [6, 6.07) is 0. The van der Waals surface area contributed by atoms with Crippen LogP contribution < -0.4 is 5.73 Å². The Morgan fingerprint density at radius 3 is 2.42 bits per heavy atom. The molecular formula is C13H25N3O3. The highest BCUT2D eigenvalue weighted by Crippen LogP contribution is 2.37. The normalized spacial score (nSPS) is 19.8. The van der Waals surface area contributed by atoms with Gasteiger partial charge in [0.25, 0.3) is 0 Å². The molecule has 19 heavy (non-hydrogen) atoms. The van der Waals surface area contributed by atoms with E-state index in [4.69, 9.17) is 15.7 Å². The molecule has 0 heterocycles. The van der Waals surface area contributed by atoms with Gasteiger partial charge in [-0.25, -0.2) is 0 Å². The first-order valence-corrected chi connectivity index (χ1v) is 6.81. The van der Waals surface area contributed by atoms with Crippen LogP contribution >= 0.6 is 0 Å². The molecular weight excluding hydrogens is 246 g/mol. The molecule has 1 rings (SSSR count). The number of rotatable bonds is 5. The van der Waals surface area contributed by atoms with Gasteiger partial charge in [-0.05, 0) is 12.8 Å². The number of amides is 1. The fraction of sp³-hybridized carbons (Fsp3) is 0.846. The molecule has 0 unspecified atom stereocenters. The monoisotopic (exact) mass is 271 g/mol. The Morgan fingerprint density at radius 1 is 1.37 bits per heavy atom. The van der Waals surface area contributed by atoms with Crippen LogP contribution in [0.2, 0.25) is 0 Å². The molecule has 110 valence electrons. The number of oxime groups is 1.